The molecule has 2 heterocycles. The SMILES string of the molecule is N#Cc1c(-c2ccccc2)sc2nccn12. The van der Waals surface area contributed by atoms with Gasteiger partial charge < -0.3 is 0 Å². The molecule has 0 spiro atoms. The predicted octanol–water partition coefficient (Wildman–Crippen LogP) is 2.93. The van der Waals surface area contributed by atoms with Crippen LogP contribution in [0.4, 0.5) is 0 Å². The van der Waals surface area contributed by atoms with Crippen LogP contribution in [0.5, 0.6) is 0 Å². The highest BCUT2D eigenvalue weighted by Crippen LogP contribution is 2.31. The fourth-order valence-corrected chi connectivity index (χ4v) is 2.72. The van der Waals surface area contributed by atoms with Crippen molar-refractivity contribution in [2.45, 2.75) is 0 Å². The maximum atomic E-state index is 9.19. The average molecular weight is 225 g/mol. The van der Waals surface area contributed by atoms with Gasteiger partial charge in [-0.15, -0.1) is 0 Å². The topological polar surface area (TPSA) is 41.1 Å². The number of rotatable bonds is 1. The number of hydrogen-bond donors (Lipinski definition) is 0. The van der Waals surface area contributed by atoms with Crippen LogP contribution in [-0.4, -0.2) is 9.38 Å². The van der Waals surface area contributed by atoms with E-state index in [0.717, 1.165) is 15.4 Å². The summed E-state index contributed by atoms with van der Waals surface area (Å²) in [5.74, 6) is 0. The molecule has 2 aromatic heterocycles. The fourth-order valence-electron chi connectivity index (χ4n) is 1.67. The highest BCUT2D eigenvalue weighted by Gasteiger charge is 2.13. The minimum Gasteiger partial charge on any atom is -0.281 e. The lowest BCUT2D eigenvalue weighted by Crippen LogP contribution is -1.84. The highest BCUT2D eigenvalue weighted by molar-refractivity contribution is 7.20. The third kappa shape index (κ3) is 1.23. The van der Waals surface area contributed by atoms with Gasteiger partial charge in [0.25, 0.3) is 0 Å². The van der Waals surface area contributed by atoms with Gasteiger partial charge in [0.2, 0.25) is 0 Å². The molecule has 0 aliphatic heterocycles. The van der Waals surface area contributed by atoms with Crippen LogP contribution in [0.3, 0.4) is 0 Å². The van der Waals surface area contributed by atoms with Crippen LogP contribution >= 0.6 is 11.3 Å². The average Bonchev–Trinajstić information content (AvgIpc) is 2.89. The first kappa shape index (κ1) is 9.13. The van der Waals surface area contributed by atoms with E-state index >= 15 is 0 Å². The Kier molecular flexibility index (Phi) is 1.98. The molecule has 0 saturated heterocycles. The summed E-state index contributed by atoms with van der Waals surface area (Å²) in [6.45, 7) is 0. The second-order valence-electron chi connectivity index (χ2n) is 3.34. The maximum Gasteiger partial charge on any atom is 0.195 e. The molecule has 76 valence electrons. The van der Waals surface area contributed by atoms with E-state index in [1.165, 1.54) is 11.3 Å². The summed E-state index contributed by atoms with van der Waals surface area (Å²) in [5.41, 5.74) is 1.72. The zero-order valence-corrected chi connectivity index (χ0v) is 9.11. The molecule has 0 aliphatic rings. The molecule has 3 nitrogen and oxygen atoms in total. The van der Waals surface area contributed by atoms with Crippen molar-refractivity contribution in [3.63, 3.8) is 0 Å². The van der Waals surface area contributed by atoms with Crippen LogP contribution in [-0.2, 0) is 0 Å². The van der Waals surface area contributed by atoms with Crippen molar-refractivity contribution in [1.29, 1.82) is 5.26 Å². The molecule has 16 heavy (non-hydrogen) atoms. The first-order chi connectivity index (χ1) is 7.90. The molecule has 0 N–H and O–H groups in total. The first-order valence-corrected chi connectivity index (χ1v) is 5.63. The Morgan fingerprint density at radius 2 is 2.06 bits per heavy atom. The lowest BCUT2D eigenvalue weighted by molar-refractivity contribution is 1.19. The number of imidazole rings is 1. The summed E-state index contributed by atoms with van der Waals surface area (Å²) < 4.78 is 1.83. The Morgan fingerprint density at radius 1 is 1.25 bits per heavy atom. The van der Waals surface area contributed by atoms with Crippen LogP contribution in [0.2, 0.25) is 0 Å². The van der Waals surface area contributed by atoms with E-state index in [2.05, 4.69) is 11.1 Å². The lowest BCUT2D eigenvalue weighted by Gasteiger charge is -1.96. The largest absolute Gasteiger partial charge is 0.281 e. The molecule has 0 unspecified atom stereocenters. The first-order valence-electron chi connectivity index (χ1n) is 4.81. The van der Waals surface area contributed by atoms with Gasteiger partial charge in [-0.25, -0.2) is 4.98 Å². The van der Waals surface area contributed by atoms with Crippen molar-refractivity contribution in [2.24, 2.45) is 0 Å². The fraction of sp³-hybridized carbons (Fsp3) is 0. The number of aromatic nitrogens is 2. The summed E-state index contributed by atoms with van der Waals surface area (Å²) in [6, 6.07) is 12.2. The van der Waals surface area contributed by atoms with E-state index in [0.29, 0.717) is 5.69 Å². The number of benzene rings is 1. The van der Waals surface area contributed by atoms with Crippen molar-refractivity contribution < 1.29 is 0 Å². The molecule has 0 aliphatic carbocycles. The number of hydrogen-bond acceptors (Lipinski definition) is 3. The van der Waals surface area contributed by atoms with Gasteiger partial charge in [-0.2, -0.15) is 5.26 Å². The van der Waals surface area contributed by atoms with Crippen LogP contribution in [0.1, 0.15) is 5.69 Å². The molecule has 1 aromatic carbocycles. The van der Waals surface area contributed by atoms with Gasteiger partial charge in [-0.3, -0.25) is 4.40 Å². The molecule has 4 heteroatoms. The van der Waals surface area contributed by atoms with Gasteiger partial charge in [0.1, 0.15) is 11.8 Å². The number of nitrogens with zero attached hydrogens (tertiary/aromatic N) is 3. The standard InChI is InChI=1S/C12H7N3S/c13-8-10-11(9-4-2-1-3-5-9)16-12-14-6-7-15(10)12/h1-7H. The van der Waals surface area contributed by atoms with E-state index < -0.39 is 0 Å². The van der Waals surface area contributed by atoms with E-state index in [9.17, 15) is 5.26 Å². The van der Waals surface area contributed by atoms with E-state index in [1.807, 2.05) is 40.9 Å². The number of thiazole rings is 1. The van der Waals surface area contributed by atoms with Crippen molar-refractivity contribution in [1.82, 2.24) is 9.38 Å². The smallest absolute Gasteiger partial charge is 0.195 e. The molecule has 0 amide bonds. The van der Waals surface area contributed by atoms with Gasteiger partial charge in [-0.05, 0) is 5.56 Å². The van der Waals surface area contributed by atoms with Gasteiger partial charge in [0.15, 0.2) is 4.96 Å². The maximum absolute atomic E-state index is 9.19. The zero-order valence-electron chi connectivity index (χ0n) is 8.29. The van der Waals surface area contributed by atoms with Gasteiger partial charge in [0, 0.05) is 12.4 Å². The van der Waals surface area contributed by atoms with Crippen LogP contribution in [0.25, 0.3) is 15.4 Å². The summed E-state index contributed by atoms with van der Waals surface area (Å²) in [6.07, 6.45) is 3.53. The number of fused-ring (bicyclic) bond motifs is 1. The Hall–Kier alpha value is -2.12. The molecular formula is C12H7N3S. The molecule has 0 radical (unpaired) electrons. The molecule has 0 saturated carbocycles. The quantitative estimate of drug-likeness (QED) is 0.639. The normalized spacial score (nSPS) is 10.4. The van der Waals surface area contributed by atoms with Crippen molar-refractivity contribution in [2.75, 3.05) is 0 Å². The second-order valence-corrected chi connectivity index (χ2v) is 4.31. The van der Waals surface area contributed by atoms with Gasteiger partial charge in [0.05, 0.1) is 4.88 Å². The van der Waals surface area contributed by atoms with Crippen LogP contribution in [0, 0.1) is 11.3 Å². The minimum absolute atomic E-state index is 0.656. The molecule has 0 atom stereocenters. The van der Waals surface area contributed by atoms with Crippen molar-refractivity contribution >= 4 is 16.3 Å². The summed E-state index contributed by atoms with van der Waals surface area (Å²) >= 11 is 1.54. The predicted molar refractivity (Wildman–Crippen MR) is 63.2 cm³/mol. The molecule has 3 aromatic rings. The highest BCUT2D eigenvalue weighted by atomic mass is 32.1. The third-order valence-electron chi connectivity index (χ3n) is 2.40. The minimum atomic E-state index is 0.656. The van der Waals surface area contributed by atoms with Crippen molar-refractivity contribution in [3.8, 4) is 16.5 Å². The van der Waals surface area contributed by atoms with Crippen LogP contribution < -0.4 is 0 Å². The Morgan fingerprint density at radius 3 is 2.81 bits per heavy atom. The van der Waals surface area contributed by atoms with Crippen LogP contribution in [0.15, 0.2) is 42.7 Å². The monoisotopic (exact) mass is 225 g/mol. The molecule has 0 bridgehead atoms. The molecular weight excluding hydrogens is 218 g/mol. The molecule has 3 rings (SSSR count). The van der Waals surface area contributed by atoms with Gasteiger partial charge in [-0.1, -0.05) is 41.7 Å². The third-order valence-corrected chi connectivity index (χ3v) is 3.52. The molecule has 0 fully saturated rings. The Balaban J connectivity index is 2.32. The Labute approximate surface area is 96.2 Å². The van der Waals surface area contributed by atoms with Gasteiger partial charge >= 0.3 is 0 Å². The Bertz CT molecular complexity index is 673. The number of nitriles is 1. The lowest BCUT2D eigenvalue weighted by atomic mass is 10.2. The zero-order chi connectivity index (χ0) is 11.0. The summed E-state index contributed by atoms with van der Waals surface area (Å²) in [5, 5.41) is 9.19. The van der Waals surface area contributed by atoms with E-state index in [1.54, 1.807) is 6.20 Å². The second kappa shape index (κ2) is 3.47. The van der Waals surface area contributed by atoms with E-state index in [-0.39, 0.29) is 0 Å². The van der Waals surface area contributed by atoms with E-state index in [4.69, 9.17) is 0 Å². The summed E-state index contributed by atoms with van der Waals surface area (Å²) in [4.78, 5) is 6.04. The summed E-state index contributed by atoms with van der Waals surface area (Å²) in [7, 11) is 0. The van der Waals surface area contributed by atoms with Crippen molar-refractivity contribution in [3.05, 3.63) is 48.4 Å².